The molecule has 0 saturated carbocycles. The molecule has 5 nitrogen and oxygen atoms in total. The molecule has 0 atom stereocenters. The highest BCUT2D eigenvalue weighted by Crippen LogP contribution is 2.21. The Labute approximate surface area is 172 Å². The monoisotopic (exact) mass is 400 g/mol. The van der Waals surface area contributed by atoms with E-state index in [0.717, 1.165) is 49.9 Å². The van der Waals surface area contributed by atoms with Gasteiger partial charge < -0.3 is 9.80 Å². The summed E-state index contributed by atoms with van der Waals surface area (Å²) in [4.78, 5) is 21.6. The normalized spacial score (nSPS) is 14.5. The molecule has 28 heavy (non-hydrogen) atoms. The molecule has 0 N–H and O–H groups in total. The van der Waals surface area contributed by atoms with Gasteiger partial charge in [0.2, 0.25) is 11.0 Å². The molecule has 2 heterocycles. The number of hydrogen-bond donors (Lipinski definition) is 0. The van der Waals surface area contributed by atoms with E-state index in [4.69, 9.17) is 4.98 Å². The number of hydrogen-bond acceptors (Lipinski definition) is 5. The number of carbonyl (C=O) groups is 1. The molecular formula is C22H32N4OS. The van der Waals surface area contributed by atoms with Crippen molar-refractivity contribution in [2.24, 2.45) is 5.92 Å². The number of anilines is 1. The van der Waals surface area contributed by atoms with Crippen molar-refractivity contribution < 1.29 is 4.79 Å². The van der Waals surface area contributed by atoms with Gasteiger partial charge in [0.15, 0.2) is 0 Å². The fraction of sp³-hybridized carbons (Fsp3) is 0.591. The third kappa shape index (κ3) is 6.03. The van der Waals surface area contributed by atoms with E-state index in [-0.39, 0.29) is 5.91 Å². The minimum Gasteiger partial charge on any atom is -0.346 e. The predicted molar refractivity (Wildman–Crippen MR) is 116 cm³/mol. The fourth-order valence-electron chi connectivity index (χ4n) is 3.57. The second-order valence-electron chi connectivity index (χ2n) is 8.19. The van der Waals surface area contributed by atoms with Crippen LogP contribution in [0.3, 0.4) is 0 Å². The molecule has 0 bridgehead atoms. The number of likely N-dealkylation sites (tertiary alicyclic amines) is 1. The first kappa shape index (κ1) is 20.8. The van der Waals surface area contributed by atoms with Gasteiger partial charge in [0.25, 0.3) is 0 Å². The predicted octanol–water partition coefficient (Wildman–Crippen LogP) is 4.30. The van der Waals surface area contributed by atoms with Crippen molar-refractivity contribution in [2.45, 2.75) is 52.9 Å². The molecule has 1 aromatic heterocycles. The van der Waals surface area contributed by atoms with E-state index in [1.54, 1.807) is 0 Å². The van der Waals surface area contributed by atoms with Crippen molar-refractivity contribution in [1.82, 2.24) is 14.3 Å². The molecule has 6 heteroatoms. The third-order valence-corrected chi connectivity index (χ3v) is 5.92. The first-order valence-electron chi connectivity index (χ1n) is 10.4. The molecule has 152 valence electrons. The van der Waals surface area contributed by atoms with Crippen molar-refractivity contribution in [3.05, 3.63) is 41.2 Å². The summed E-state index contributed by atoms with van der Waals surface area (Å²) in [6.45, 7) is 9.95. The maximum absolute atomic E-state index is 12.6. The number of nitrogens with zero attached hydrogens (tertiary/aromatic N) is 4. The van der Waals surface area contributed by atoms with Gasteiger partial charge in [-0.2, -0.15) is 4.37 Å². The van der Waals surface area contributed by atoms with Crippen LogP contribution in [0.25, 0.3) is 0 Å². The van der Waals surface area contributed by atoms with Crippen molar-refractivity contribution in [1.29, 1.82) is 0 Å². The van der Waals surface area contributed by atoms with E-state index in [2.05, 4.69) is 54.3 Å². The first-order valence-corrected chi connectivity index (χ1v) is 11.2. The fourth-order valence-corrected chi connectivity index (χ4v) is 4.29. The van der Waals surface area contributed by atoms with E-state index in [0.29, 0.717) is 18.9 Å². The van der Waals surface area contributed by atoms with Crippen LogP contribution in [-0.2, 0) is 11.2 Å². The first-order chi connectivity index (χ1) is 13.5. The Morgan fingerprint density at radius 1 is 1.18 bits per heavy atom. The molecule has 2 aromatic rings. The Hall–Kier alpha value is -1.95. The number of piperidine rings is 1. The summed E-state index contributed by atoms with van der Waals surface area (Å²) >= 11 is 1.45. The van der Waals surface area contributed by atoms with Crippen molar-refractivity contribution in [3.8, 4) is 0 Å². The standard InChI is InChI=1S/C22H32N4OS/c1-17(2)16-26(14-11-21(27)25-12-5-4-6-13-25)22-23-20(24-28-22)15-19-9-7-18(3)8-10-19/h7-10,17H,4-6,11-16H2,1-3H3. The summed E-state index contributed by atoms with van der Waals surface area (Å²) in [5, 5.41) is 0.933. The van der Waals surface area contributed by atoms with Crippen LogP contribution in [0.1, 0.15) is 56.5 Å². The molecule has 0 aliphatic carbocycles. The number of carbonyl (C=O) groups excluding carboxylic acids is 1. The van der Waals surface area contributed by atoms with Gasteiger partial charge in [-0.25, -0.2) is 4.98 Å². The van der Waals surface area contributed by atoms with Crippen molar-refractivity contribution in [3.63, 3.8) is 0 Å². The van der Waals surface area contributed by atoms with Crippen LogP contribution >= 0.6 is 11.5 Å². The van der Waals surface area contributed by atoms with Gasteiger partial charge in [0, 0.05) is 50.6 Å². The summed E-state index contributed by atoms with van der Waals surface area (Å²) < 4.78 is 4.57. The highest BCUT2D eigenvalue weighted by Gasteiger charge is 2.20. The Morgan fingerprint density at radius 3 is 2.57 bits per heavy atom. The van der Waals surface area contributed by atoms with Gasteiger partial charge in [0.1, 0.15) is 5.82 Å². The van der Waals surface area contributed by atoms with Gasteiger partial charge in [0.05, 0.1) is 0 Å². The Balaban J connectivity index is 1.61. The Bertz CT molecular complexity index is 750. The zero-order chi connectivity index (χ0) is 19.9. The van der Waals surface area contributed by atoms with Gasteiger partial charge in [-0.1, -0.05) is 43.7 Å². The van der Waals surface area contributed by atoms with Crippen molar-refractivity contribution in [2.75, 3.05) is 31.1 Å². The zero-order valence-electron chi connectivity index (χ0n) is 17.4. The largest absolute Gasteiger partial charge is 0.346 e. The molecule has 0 spiro atoms. The molecule has 0 radical (unpaired) electrons. The number of aryl methyl sites for hydroxylation is 1. The van der Waals surface area contributed by atoms with Crippen LogP contribution in [-0.4, -0.2) is 46.3 Å². The van der Waals surface area contributed by atoms with Gasteiger partial charge in [-0.3, -0.25) is 4.79 Å². The van der Waals surface area contributed by atoms with Crippen LogP contribution in [0.15, 0.2) is 24.3 Å². The molecule has 1 saturated heterocycles. The SMILES string of the molecule is Cc1ccc(Cc2nsc(N(CCC(=O)N3CCCCC3)CC(C)C)n2)cc1. The van der Waals surface area contributed by atoms with E-state index in [1.165, 1.54) is 29.1 Å². The molecule has 1 amide bonds. The molecule has 1 fully saturated rings. The highest BCUT2D eigenvalue weighted by atomic mass is 32.1. The average molecular weight is 401 g/mol. The number of benzene rings is 1. The smallest absolute Gasteiger partial charge is 0.224 e. The zero-order valence-corrected chi connectivity index (χ0v) is 18.2. The van der Waals surface area contributed by atoms with Crippen LogP contribution in [0.4, 0.5) is 5.13 Å². The summed E-state index contributed by atoms with van der Waals surface area (Å²) in [5.74, 6) is 1.65. The second kappa shape index (κ2) is 10.0. The molecule has 1 aliphatic heterocycles. The number of aromatic nitrogens is 2. The van der Waals surface area contributed by atoms with Gasteiger partial charge >= 0.3 is 0 Å². The van der Waals surface area contributed by atoms with Gasteiger partial charge in [-0.05, 0) is 37.7 Å². The molecular weight excluding hydrogens is 368 g/mol. The number of rotatable bonds is 8. The van der Waals surface area contributed by atoms with E-state index in [9.17, 15) is 4.79 Å². The summed E-state index contributed by atoms with van der Waals surface area (Å²) in [7, 11) is 0. The second-order valence-corrected chi connectivity index (χ2v) is 8.92. The maximum Gasteiger partial charge on any atom is 0.224 e. The lowest BCUT2D eigenvalue weighted by Crippen LogP contribution is -2.38. The lowest BCUT2D eigenvalue weighted by atomic mass is 10.1. The quantitative estimate of drug-likeness (QED) is 0.663. The van der Waals surface area contributed by atoms with Gasteiger partial charge in [-0.15, -0.1) is 0 Å². The van der Waals surface area contributed by atoms with Crippen LogP contribution < -0.4 is 4.90 Å². The third-order valence-electron chi connectivity index (χ3n) is 5.10. The lowest BCUT2D eigenvalue weighted by molar-refractivity contribution is -0.131. The minimum atomic E-state index is 0.276. The Morgan fingerprint density at radius 2 is 1.89 bits per heavy atom. The molecule has 1 aliphatic rings. The van der Waals surface area contributed by atoms with E-state index < -0.39 is 0 Å². The van der Waals surface area contributed by atoms with Crippen LogP contribution in [0.5, 0.6) is 0 Å². The molecule has 3 rings (SSSR count). The summed E-state index contributed by atoms with van der Waals surface area (Å²) in [5.41, 5.74) is 2.49. The lowest BCUT2D eigenvalue weighted by Gasteiger charge is -2.28. The average Bonchev–Trinajstić information content (AvgIpc) is 3.15. The Kier molecular flexibility index (Phi) is 7.43. The highest BCUT2D eigenvalue weighted by molar-refractivity contribution is 7.09. The topological polar surface area (TPSA) is 49.3 Å². The minimum absolute atomic E-state index is 0.276. The van der Waals surface area contributed by atoms with E-state index >= 15 is 0 Å². The van der Waals surface area contributed by atoms with Crippen LogP contribution in [0.2, 0.25) is 0 Å². The molecule has 1 aromatic carbocycles. The summed E-state index contributed by atoms with van der Waals surface area (Å²) in [6.07, 6.45) is 4.83. The number of amides is 1. The van der Waals surface area contributed by atoms with Crippen LogP contribution in [0, 0.1) is 12.8 Å². The summed E-state index contributed by atoms with van der Waals surface area (Å²) in [6, 6.07) is 8.53. The maximum atomic E-state index is 12.6. The molecule has 0 unspecified atom stereocenters. The van der Waals surface area contributed by atoms with Crippen molar-refractivity contribution >= 4 is 22.6 Å². The van der Waals surface area contributed by atoms with E-state index in [1.807, 2.05) is 4.90 Å².